The van der Waals surface area contributed by atoms with E-state index in [2.05, 4.69) is 9.97 Å². The van der Waals surface area contributed by atoms with Gasteiger partial charge in [0.25, 0.3) is 0 Å². The van der Waals surface area contributed by atoms with Gasteiger partial charge in [-0.15, -0.1) is 0 Å². The summed E-state index contributed by atoms with van der Waals surface area (Å²) < 4.78 is 37.9. The molecule has 0 amide bonds. The lowest BCUT2D eigenvalue weighted by molar-refractivity contribution is -0.137. The normalized spacial score (nSPS) is 12.0. The van der Waals surface area contributed by atoms with Crippen LogP contribution in [-0.4, -0.2) is 21.0 Å². The fraction of sp³-hybridized carbons (Fsp3) is 0.0435. The summed E-state index contributed by atoms with van der Waals surface area (Å²) in [6.45, 7) is 0. The van der Waals surface area contributed by atoms with Gasteiger partial charge in [-0.25, -0.2) is 9.78 Å². The number of aromatic carboxylic acids is 1. The largest absolute Gasteiger partial charge is 0.478 e. The Balaban J connectivity index is 1.62. The number of carboxylic acid groups (broad SMARTS) is 1. The van der Waals surface area contributed by atoms with Gasteiger partial charge in [-0.1, -0.05) is 42.5 Å². The monoisotopic (exact) mass is 408 g/mol. The average Bonchev–Trinajstić information content (AvgIpc) is 3.14. The van der Waals surface area contributed by atoms with Gasteiger partial charge in [0, 0.05) is 0 Å². The molecule has 0 radical (unpaired) electrons. The van der Waals surface area contributed by atoms with Crippen LogP contribution in [0.4, 0.5) is 13.2 Å². The van der Waals surface area contributed by atoms with Crippen LogP contribution >= 0.6 is 0 Å². The Morgan fingerprint density at radius 3 is 2.40 bits per heavy atom. The molecule has 7 heteroatoms. The van der Waals surface area contributed by atoms with E-state index in [1.165, 1.54) is 12.1 Å². The van der Waals surface area contributed by atoms with Gasteiger partial charge in [0.05, 0.1) is 22.2 Å². The van der Waals surface area contributed by atoms with Crippen LogP contribution in [0.25, 0.3) is 34.3 Å². The molecule has 0 bridgehead atoms. The molecule has 4 rings (SSSR count). The van der Waals surface area contributed by atoms with Gasteiger partial charge in [0.1, 0.15) is 5.82 Å². The lowest BCUT2D eigenvalue weighted by Crippen LogP contribution is -2.03. The van der Waals surface area contributed by atoms with E-state index < -0.39 is 17.7 Å². The van der Waals surface area contributed by atoms with Crippen LogP contribution in [0.3, 0.4) is 0 Å². The zero-order valence-corrected chi connectivity index (χ0v) is 15.4. The zero-order chi connectivity index (χ0) is 21.3. The van der Waals surface area contributed by atoms with Crippen LogP contribution in [0.5, 0.6) is 0 Å². The summed E-state index contributed by atoms with van der Waals surface area (Å²) in [5, 5.41) is 9.39. The summed E-state index contributed by atoms with van der Waals surface area (Å²) in [5.41, 5.74) is 2.88. The number of imidazole rings is 1. The number of carbonyl (C=O) groups is 1. The first-order chi connectivity index (χ1) is 14.3. The third-order valence-corrected chi connectivity index (χ3v) is 4.64. The number of rotatable bonds is 4. The summed E-state index contributed by atoms with van der Waals surface area (Å²) >= 11 is 0. The third-order valence-electron chi connectivity index (χ3n) is 4.64. The van der Waals surface area contributed by atoms with Crippen LogP contribution < -0.4 is 0 Å². The molecule has 0 saturated heterocycles. The van der Waals surface area contributed by atoms with E-state index in [4.69, 9.17) is 0 Å². The Morgan fingerprint density at radius 2 is 1.70 bits per heavy atom. The Kier molecular flexibility index (Phi) is 4.87. The molecule has 0 fully saturated rings. The number of nitrogens with one attached hydrogen (secondary N) is 1. The van der Waals surface area contributed by atoms with Gasteiger partial charge < -0.3 is 10.1 Å². The van der Waals surface area contributed by atoms with Crippen molar-refractivity contribution >= 4 is 29.2 Å². The van der Waals surface area contributed by atoms with E-state index in [9.17, 15) is 23.1 Å². The number of nitrogens with zero attached hydrogens (tertiary/aromatic N) is 1. The second-order valence-electron chi connectivity index (χ2n) is 6.66. The van der Waals surface area contributed by atoms with Crippen LogP contribution in [0.15, 0.2) is 66.7 Å². The van der Waals surface area contributed by atoms with Gasteiger partial charge in [-0.05, 0) is 53.1 Å². The molecule has 3 aromatic carbocycles. The summed E-state index contributed by atoms with van der Waals surface area (Å²) in [6.07, 6.45) is -1.02. The third kappa shape index (κ3) is 3.96. The maximum atomic E-state index is 12.6. The van der Waals surface area contributed by atoms with Crippen molar-refractivity contribution in [2.75, 3.05) is 0 Å². The van der Waals surface area contributed by atoms with Crippen LogP contribution in [0.2, 0.25) is 0 Å². The SMILES string of the molecule is O=C(O)c1ccccc1-c1ccc2nc(/C=C/c3ccc(C(F)(F)F)cc3)[nH]c2c1. The number of alkyl halides is 3. The molecule has 0 aliphatic heterocycles. The molecule has 150 valence electrons. The number of halogens is 3. The van der Waals surface area contributed by atoms with Crippen molar-refractivity contribution in [1.29, 1.82) is 0 Å². The van der Waals surface area contributed by atoms with Crippen LogP contribution in [0, 0.1) is 0 Å². The Morgan fingerprint density at radius 1 is 0.967 bits per heavy atom. The van der Waals surface area contributed by atoms with Crippen LogP contribution in [-0.2, 0) is 6.18 Å². The molecule has 1 aromatic heterocycles. The maximum absolute atomic E-state index is 12.6. The van der Waals surface area contributed by atoms with E-state index >= 15 is 0 Å². The highest BCUT2D eigenvalue weighted by Crippen LogP contribution is 2.29. The van der Waals surface area contributed by atoms with Crippen molar-refractivity contribution in [3.05, 3.63) is 89.2 Å². The second-order valence-corrected chi connectivity index (χ2v) is 6.66. The van der Waals surface area contributed by atoms with Crippen LogP contribution in [0.1, 0.15) is 27.3 Å². The predicted molar refractivity (Wildman–Crippen MR) is 109 cm³/mol. The Labute approximate surface area is 169 Å². The first-order valence-corrected chi connectivity index (χ1v) is 8.99. The minimum absolute atomic E-state index is 0.207. The van der Waals surface area contributed by atoms with Crippen molar-refractivity contribution in [1.82, 2.24) is 9.97 Å². The topological polar surface area (TPSA) is 66.0 Å². The van der Waals surface area contributed by atoms with Gasteiger partial charge in [0.2, 0.25) is 0 Å². The molecule has 2 N–H and O–H groups in total. The maximum Gasteiger partial charge on any atom is 0.416 e. The molecule has 4 nitrogen and oxygen atoms in total. The number of hydrogen-bond donors (Lipinski definition) is 2. The first kappa shape index (κ1) is 19.4. The fourth-order valence-corrected chi connectivity index (χ4v) is 3.16. The smallest absolute Gasteiger partial charge is 0.416 e. The molecule has 0 atom stereocenters. The van der Waals surface area contributed by atoms with E-state index in [0.29, 0.717) is 22.5 Å². The minimum Gasteiger partial charge on any atom is -0.478 e. The van der Waals surface area contributed by atoms with Crippen molar-refractivity contribution < 1.29 is 23.1 Å². The number of aromatic amines is 1. The van der Waals surface area contributed by atoms with Gasteiger partial charge in [0.15, 0.2) is 0 Å². The first-order valence-electron chi connectivity index (χ1n) is 8.99. The zero-order valence-electron chi connectivity index (χ0n) is 15.4. The van der Waals surface area contributed by atoms with Crippen molar-refractivity contribution in [2.24, 2.45) is 0 Å². The number of fused-ring (bicyclic) bond motifs is 1. The molecule has 0 aliphatic carbocycles. The Bertz CT molecular complexity index is 1260. The number of hydrogen-bond acceptors (Lipinski definition) is 2. The van der Waals surface area contributed by atoms with E-state index in [1.54, 1.807) is 48.6 Å². The molecule has 0 saturated carbocycles. The molecule has 0 aliphatic rings. The number of aromatic nitrogens is 2. The van der Waals surface area contributed by atoms with Gasteiger partial charge in [-0.2, -0.15) is 13.2 Å². The van der Waals surface area contributed by atoms with Gasteiger partial charge in [-0.3, -0.25) is 0 Å². The second kappa shape index (κ2) is 7.51. The highest BCUT2D eigenvalue weighted by Gasteiger charge is 2.29. The standard InChI is InChI=1S/C23H15F3N2O2/c24-23(25,26)16-9-5-14(6-10-16)7-12-21-27-19-11-8-15(13-20(19)28-21)17-3-1-2-4-18(17)22(29)30/h1-13H,(H,27,28)(H,29,30)/b12-7+. The molecular formula is C23H15F3N2O2. The molecule has 4 aromatic rings. The Hall–Kier alpha value is -3.87. The highest BCUT2D eigenvalue weighted by molar-refractivity contribution is 5.97. The lowest BCUT2D eigenvalue weighted by Gasteiger charge is -2.05. The molecular weight excluding hydrogens is 393 g/mol. The quantitative estimate of drug-likeness (QED) is 0.428. The predicted octanol–water partition coefficient (Wildman–Crippen LogP) is 6.12. The van der Waals surface area contributed by atoms with Crippen molar-refractivity contribution in [2.45, 2.75) is 6.18 Å². The number of carboxylic acids is 1. The van der Waals surface area contributed by atoms with Crippen molar-refractivity contribution in [3.63, 3.8) is 0 Å². The number of H-pyrrole nitrogens is 1. The molecule has 0 unspecified atom stereocenters. The van der Waals surface area contributed by atoms with E-state index in [-0.39, 0.29) is 5.56 Å². The molecule has 30 heavy (non-hydrogen) atoms. The van der Waals surface area contributed by atoms with Crippen molar-refractivity contribution in [3.8, 4) is 11.1 Å². The number of benzene rings is 3. The average molecular weight is 408 g/mol. The lowest BCUT2D eigenvalue weighted by atomic mass is 9.99. The summed E-state index contributed by atoms with van der Waals surface area (Å²) in [4.78, 5) is 19.0. The van der Waals surface area contributed by atoms with E-state index in [0.717, 1.165) is 23.2 Å². The fourth-order valence-electron chi connectivity index (χ4n) is 3.16. The molecule has 1 heterocycles. The summed E-state index contributed by atoms with van der Waals surface area (Å²) in [7, 11) is 0. The molecule has 0 spiro atoms. The highest BCUT2D eigenvalue weighted by atomic mass is 19.4. The van der Waals surface area contributed by atoms with Gasteiger partial charge >= 0.3 is 12.1 Å². The minimum atomic E-state index is -4.36. The summed E-state index contributed by atoms with van der Waals surface area (Å²) in [6, 6.07) is 17.0. The summed E-state index contributed by atoms with van der Waals surface area (Å²) in [5.74, 6) is -0.468. The van der Waals surface area contributed by atoms with E-state index in [1.807, 2.05) is 6.07 Å².